The molecule has 86 valence electrons. The Kier molecular flexibility index (Phi) is 3.68. The average molecular weight is 253 g/mol. The van der Waals surface area contributed by atoms with Crippen LogP contribution in [0.5, 0.6) is 0 Å². The highest BCUT2D eigenvalue weighted by atomic mass is 32.1. The first-order valence-corrected chi connectivity index (χ1v) is 6.95. The van der Waals surface area contributed by atoms with Crippen LogP contribution in [0.4, 0.5) is 0 Å². The van der Waals surface area contributed by atoms with Gasteiger partial charge in [0.2, 0.25) is 0 Å². The summed E-state index contributed by atoms with van der Waals surface area (Å²) in [6.07, 6.45) is 1.79. The zero-order valence-corrected chi connectivity index (χ0v) is 11.1. The van der Waals surface area contributed by atoms with Gasteiger partial charge in [0.25, 0.3) is 0 Å². The van der Waals surface area contributed by atoms with Crippen molar-refractivity contribution in [2.75, 3.05) is 6.54 Å². The summed E-state index contributed by atoms with van der Waals surface area (Å²) in [6, 6.07) is 0. The lowest BCUT2D eigenvalue weighted by Gasteiger charge is -1.91. The van der Waals surface area contributed by atoms with Gasteiger partial charge in [0.1, 0.15) is 0 Å². The molecule has 0 amide bonds. The first kappa shape index (κ1) is 11.7. The van der Waals surface area contributed by atoms with Crippen LogP contribution in [0.1, 0.15) is 26.3 Å². The lowest BCUT2D eigenvalue weighted by Crippen LogP contribution is -2.01. The zero-order valence-electron chi connectivity index (χ0n) is 9.49. The second-order valence-corrected chi connectivity index (χ2v) is 5.83. The molecule has 16 heavy (non-hydrogen) atoms. The highest BCUT2D eigenvalue weighted by Crippen LogP contribution is 2.22. The molecule has 0 aliphatic heterocycles. The maximum absolute atomic E-state index is 5.56. The molecule has 0 radical (unpaired) electrons. The summed E-state index contributed by atoms with van der Waals surface area (Å²) >= 11 is 3.47. The van der Waals surface area contributed by atoms with Crippen molar-refractivity contribution in [2.45, 2.75) is 26.7 Å². The molecule has 2 heterocycles. The third-order valence-electron chi connectivity index (χ3n) is 2.28. The van der Waals surface area contributed by atoms with Crippen LogP contribution >= 0.6 is 22.7 Å². The van der Waals surface area contributed by atoms with Gasteiger partial charge in [-0.3, -0.25) is 0 Å². The van der Waals surface area contributed by atoms with Crippen molar-refractivity contribution in [3.05, 3.63) is 31.7 Å². The van der Waals surface area contributed by atoms with Gasteiger partial charge in [-0.1, -0.05) is 0 Å². The van der Waals surface area contributed by atoms with Gasteiger partial charge in [-0.05, 0) is 26.8 Å². The van der Waals surface area contributed by atoms with Crippen molar-refractivity contribution < 1.29 is 0 Å². The molecule has 0 fully saturated rings. The van der Waals surface area contributed by atoms with Gasteiger partial charge in [0.15, 0.2) is 0 Å². The van der Waals surface area contributed by atoms with E-state index >= 15 is 0 Å². The second kappa shape index (κ2) is 5.03. The summed E-state index contributed by atoms with van der Waals surface area (Å²) < 4.78 is 0. The molecule has 0 unspecified atom stereocenters. The maximum atomic E-state index is 5.56. The van der Waals surface area contributed by atoms with E-state index in [2.05, 4.69) is 22.3 Å². The van der Waals surface area contributed by atoms with Gasteiger partial charge >= 0.3 is 0 Å². The third-order valence-corrected chi connectivity index (χ3v) is 4.46. The molecule has 0 aromatic carbocycles. The molecule has 0 saturated heterocycles. The van der Waals surface area contributed by atoms with Crippen LogP contribution in [0.25, 0.3) is 0 Å². The number of hydrogen-bond acceptors (Lipinski definition) is 5. The van der Waals surface area contributed by atoms with Crippen molar-refractivity contribution in [1.29, 1.82) is 0 Å². The fraction of sp³-hybridized carbons (Fsp3) is 0.455. The first-order chi connectivity index (χ1) is 7.69. The van der Waals surface area contributed by atoms with Gasteiger partial charge < -0.3 is 5.73 Å². The minimum Gasteiger partial charge on any atom is -0.330 e. The fourth-order valence-corrected chi connectivity index (χ4v) is 3.50. The average Bonchev–Trinajstić information content (AvgIpc) is 2.76. The molecule has 2 aromatic heterocycles. The summed E-state index contributed by atoms with van der Waals surface area (Å²) in [5.74, 6) is 0. The van der Waals surface area contributed by atoms with E-state index in [9.17, 15) is 0 Å². The maximum Gasteiger partial charge on any atom is 0.0999 e. The molecular formula is C11H15N3S2. The summed E-state index contributed by atoms with van der Waals surface area (Å²) in [7, 11) is 0. The molecule has 0 aliphatic carbocycles. The Labute approximate surface area is 103 Å². The fourth-order valence-electron chi connectivity index (χ4n) is 1.54. The van der Waals surface area contributed by atoms with Gasteiger partial charge in [0, 0.05) is 16.0 Å². The van der Waals surface area contributed by atoms with Crippen molar-refractivity contribution >= 4 is 22.7 Å². The number of rotatable bonds is 4. The Morgan fingerprint density at radius 3 is 2.69 bits per heavy atom. The summed E-state index contributed by atoms with van der Waals surface area (Å²) in [4.78, 5) is 10.3. The normalized spacial score (nSPS) is 10.9. The summed E-state index contributed by atoms with van der Waals surface area (Å²) in [6.45, 7) is 4.77. The zero-order chi connectivity index (χ0) is 11.5. The Bertz CT molecular complexity index is 473. The smallest absolute Gasteiger partial charge is 0.0999 e. The molecule has 0 saturated carbocycles. The van der Waals surface area contributed by atoms with Crippen molar-refractivity contribution in [1.82, 2.24) is 9.97 Å². The number of nitrogens with two attached hydrogens (primary N) is 1. The lowest BCUT2D eigenvalue weighted by molar-refractivity contribution is 0.966. The Hall–Kier alpha value is -0.780. The van der Waals surface area contributed by atoms with Gasteiger partial charge in [-0.15, -0.1) is 22.7 Å². The molecule has 2 N–H and O–H groups in total. The molecule has 0 bridgehead atoms. The largest absolute Gasteiger partial charge is 0.330 e. The van der Waals surface area contributed by atoms with Crippen molar-refractivity contribution in [3.63, 3.8) is 0 Å². The SMILES string of the molecule is Cc1csc(Cc2nc(C)c(CCN)s2)n1. The van der Waals surface area contributed by atoms with E-state index in [-0.39, 0.29) is 0 Å². The minimum atomic E-state index is 0.693. The van der Waals surface area contributed by atoms with E-state index in [1.165, 1.54) is 4.88 Å². The number of nitrogens with zero attached hydrogens (tertiary/aromatic N) is 2. The Morgan fingerprint density at radius 1 is 1.25 bits per heavy atom. The van der Waals surface area contributed by atoms with Crippen LogP contribution in [0, 0.1) is 13.8 Å². The molecule has 0 atom stereocenters. The molecule has 5 heteroatoms. The standard InChI is InChI=1S/C11H15N3S2/c1-7-6-15-10(13-7)5-11-14-8(2)9(16-11)3-4-12/h6H,3-5,12H2,1-2H3. The van der Waals surface area contributed by atoms with E-state index in [0.29, 0.717) is 6.54 Å². The van der Waals surface area contributed by atoms with Crippen LogP contribution < -0.4 is 5.73 Å². The molecule has 3 nitrogen and oxygen atoms in total. The molecule has 2 rings (SSSR count). The minimum absolute atomic E-state index is 0.693. The first-order valence-electron chi connectivity index (χ1n) is 5.25. The number of thiazole rings is 2. The van der Waals surface area contributed by atoms with Gasteiger partial charge in [-0.2, -0.15) is 0 Å². The van der Waals surface area contributed by atoms with Crippen molar-refractivity contribution in [2.24, 2.45) is 5.73 Å². The number of aryl methyl sites for hydroxylation is 2. The topological polar surface area (TPSA) is 51.8 Å². The predicted molar refractivity (Wildman–Crippen MR) is 69.3 cm³/mol. The summed E-state index contributed by atoms with van der Waals surface area (Å²) in [5, 5.41) is 4.37. The van der Waals surface area contributed by atoms with Crippen LogP contribution in [0.15, 0.2) is 5.38 Å². The van der Waals surface area contributed by atoms with E-state index in [1.807, 2.05) is 6.92 Å². The molecule has 0 spiro atoms. The second-order valence-electron chi connectivity index (χ2n) is 3.71. The number of aromatic nitrogens is 2. The van der Waals surface area contributed by atoms with Crippen LogP contribution in [-0.4, -0.2) is 16.5 Å². The monoisotopic (exact) mass is 253 g/mol. The quantitative estimate of drug-likeness (QED) is 0.909. The van der Waals surface area contributed by atoms with Crippen molar-refractivity contribution in [3.8, 4) is 0 Å². The Balaban J connectivity index is 2.13. The van der Waals surface area contributed by atoms with E-state index in [0.717, 1.165) is 34.2 Å². The van der Waals surface area contributed by atoms with Gasteiger partial charge in [0.05, 0.1) is 22.1 Å². The van der Waals surface area contributed by atoms with E-state index in [4.69, 9.17) is 5.73 Å². The number of hydrogen-bond donors (Lipinski definition) is 1. The summed E-state index contributed by atoms with van der Waals surface area (Å²) in [5.41, 5.74) is 7.78. The molecule has 2 aromatic rings. The highest BCUT2D eigenvalue weighted by Gasteiger charge is 2.09. The molecular weight excluding hydrogens is 238 g/mol. The van der Waals surface area contributed by atoms with E-state index in [1.54, 1.807) is 22.7 Å². The van der Waals surface area contributed by atoms with Gasteiger partial charge in [-0.25, -0.2) is 9.97 Å². The van der Waals surface area contributed by atoms with E-state index < -0.39 is 0 Å². The predicted octanol–water partition coefficient (Wildman–Crippen LogP) is 2.31. The molecule has 0 aliphatic rings. The lowest BCUT2D eigenvalue weighted by atomic mass is 10.3. The Morgan fingerprint density at radius 2 is 2.06 bits per heavy atom. The van der Waals surface area contributed by atoms with Crippen LogP contribution in [0.2, 0.25) is 0 Å². The van der Waals surface area contributed by atoms with Crippen LogP contribution in [-0.2, 0) is 12.8 Å². The van der Waals surface area contributed by atoms with Crippen LogP contribution in [0.3, 0.4) is 0 Å². The highest BCUT2D eigenvalue weighted by molar-refractivity contribution is 7.12. The third kappa shape index (κ3) is 2.66.